The molecule has 0 radical (unpaired) electrons. The van der Waals surface area contributed by atoms with Crippen molar-refractivity contribution in [3.8, 4) is 5.75 Å². The number of rotatable bonds is 4. The number of hydrogen-bond donors (Lipinski definition) is 0. The van der Waals surface area contributed by atoms with E-state index in [1.54, 1.807) is 23.7 Å². The van der Waals surface area contributed by atoms with Gasteiger partial charge in [0.2, 0.25) is 0 Å². The Morgan fingerprint density at radius 1 is 1.27 bits per heavy atom. The van der Waals surface area contributed by atoms with E-state index in [0.29, 0.717) is 0 Å². The molecule has 0 saturated carbocycles. The highest BCUT2D eigenvalue weighted by molar-refractivity contribution is 7.17. The summed E-state index contributed by atoms with van der Waals surface area (Å²) in [7, 11) is 0. The number of ether oxygens (including phenoxy) is 1. The van der Waals surface area contributed by atoms with Crippen LogP contribution in [0, 0.1) is 0 Å². The van der Waals surface area contributed by atoms with Gasteiger partial charge in [0.15, 0.2) is 0 Å². The largest absolute Gasteiger partial charge is 0.489 e. The van der Waals surface area contributed by atoms with Crippen LogP contribution < -0.4 is 4.74 Å². The fourth-order valence-electron chi connectivity index (χ4n) is 2.88. The summed E-state index contributed by atoms with van der Waals surface area (Å²) in [6.07, 6.45) is 6.86. The van der Waals surface area contributed by atoms with Gasteiger partial charge in [-0.3, -0.25) is 14.9 Å². The Morgan fingerprint density at radius 3 is 3.09 bits per heavy atom. The third-order valence-corrected chi connectivity index (χ3v) is 4.80. The van der Waals surface area contributed by atoms with Crippen LogP contribution in [0.1, 0.15) is 12.0 Å². The topological polar surface area (TPSA) is 38.2 Å². The van der Waals surface area contributed by atoms with Gasteiger partial charge >= 0.3 is 0 Å². The smallest absolute Gasteiger partial charge is 0.122 e. The van der Waals surface area contributed by atoms with Crippen LogP contribution >= 0.6 is 11.3 Å². The Bertz CT molecular complexity index is 759. The van der Waals surface area contributed by atoms with Crippen LogP contribution in [0.15, 0.2) is 48.2 Å². The Labute approximate surface area is 133 Å². The first-order chi connectivity index (χ1) is 10.9. The molecule has 4 heterocycles. The van der Waals surface area contributed by atoms with Gasteiger partial charge in [0.1, 0.15) is 11.9 Å². The molecule has 1 atom stereocenters. The van der Waals surface area contributed by atoms with Crippen LogP contribution in [0.25, 0.3) is 10.2 Å². The Kier molecular flexibility index (Phi) is 3.74. The molecule has 5 heteroatoms. The van der Waals surface area contributed by atoms with Crippen molar-refractivity contribution < 1.29 is 4.74 Å². The van der Waals surface area contributed by atoms with Gasteiger partial charge in [-0.1, -0.05) is 0 Å². The Hall–Kier alpha value is -1.98. The van der Waals surface area contributed by atoms with Crippen molar-refractivity contribution in [2.75, 3.05) is 13.1 Å². The monoisotopic (exact) mass is 311 g/mol. The summed E-state index contributed by atoms with van der Waals surface area (Å²) in [5.74, 6) is 0.906. The number of fused-ring (bicyclic) bond motifs is 1. The van der Waals surface area contributed by atoms with E-state index in [2.05, 4.69) is 32.4 Å². The first kappa shape index (κ1) is 13.7. The third kappa shape index (κ3) is 2.96. The highest BCUT2D eigenvalue weighted by Gasteiger charge is 2.24. The summed E-state index contributed by atoms with van der Waals surface area (Å²) < 4.78 is 7.27. The van der Waals surface area contributed by atoms with Crippen LogP contribution in [0.5, 0.6) is 5.75 Å². The fourth-order valence-corrected chi connectivity index (χ4v) is 3.68. The first-order valence-electron chi connectivity index (χ1n) is 7.48. The van der Waals surface area contributed by atoms with Crippen LogP contribution in [0.3, 0.4) is 0 Å². The molecule has 4 nitrogen and oxygen atoms in total. The van der Waals surface area contributed by atoms with Crippen molar-refractivity contribution in [2.45, 2.75) is 19.1 Å². The number of aromatic nitrogens is 2. The summed E-state index contributed by atoms with van der Waals surface area (Å²) in [6, 6.07) is 8.15. The molecule has 0 spiro atoms. The number of likely N-dealkylation sites (tertiary alicyclic amines) is 1. The standard InChI is InChI=1S/C17H17N3OS/c1-5-18-6-2-14(1)21-15-3-7-20(12-15)11-13-9-17-16(19-10-13)4-8-22-17/h1-2,4-6,8-10,15H,3,7,11-12H2/t15-/m0/s1. The Balaban J connectivity index is 1.38. The van der Waals surface area contributed by atoms with Gasteiger partial charge in [0.25, 0.3) is 0 Å². The third-order valence-electron chi connectivity index (χ3n) is 3.95. The maximum absolute atomic E-state index is 6.01. The zero-order valence-corrected chi connectivity index (χ0v) is 13.0. The number of pyridine rings is 2. The lowest BCUT2D eigenvalue weighted by Crippen LogP contribution is -2.24. The van der Waals surface area contributed by atoms with Crippen LogP contribution in [-0.4, -0.2) is 34.1 Å². The van der Waals surface area contributed by atoms with Crippen molar-refractivity contribution in [3.05, 3.63) is 53.8 Å². The van der Waals surface area contributed by atoms with E-state index in [4.69, 9.17) is 4.74 Å². The fraction of sp³-hybridized carbons (Fsp3) is 0.294. The van der Waals surface area contributed by atoms with Gasteiger partial charge in [-0.15, -0.1) is 11.3 Å². The molecule has 1 aliphatic heterocycles. The molecule has 112 valence electrons. The molecule has 0 bridgehead atoms. The van der Waals surface area contributed by atoms with Gasteiger partial charge < -0.3 is 4.74 Å². The average molecular weight is 311 g/mol. The second-order valence-corrected chi connectivity index (χ2v) is 6.54. The molecule has 0 aliphatic carbocycles. The minimum Gasteiger partial charge on any atom is -0.489 e. The van der Waals surface area contributed by atoms with E-state index < -0.39 is 0 Å². The predicted molar refractivity (Wildman–Crippen MR) is 88.2 cm³/mol. The maximum Gasteiger partial charge on any atom is 0.122 e. The first-order valence-corrected chi connectivity index (χ1v) is 8.36. The summed E-state index contributed by atoms with van der Waals surface area (Å²) >= 11 is 1.75. The molecular weight excluding hydrogens is 294 g/mol. The molecule has 1 aliphatic rings. The van der Waals surface area contributed by atoms with E-state index >= 15 is 0 Å². The second kappa shape index (κ2) is 6.02. The van der Waals surface area contributed by atoms with Crippen molar-refractivity contribution >= 4 is 21.6 Å². The summed E-state index contributed by atoms with van der Waals surface area (Å²) in [5.41, 5.74) is 2.37. The summed E-state index contributed by atoms with van der Waals surface area (Å²) in [6.45, 7) is 2.97. The molecule has 3 aromatic rings. The molecule has 0 amide bonds. The van der Waals surface area contributed by atoms with E-state index in [9.17, 15) is 0 Å². The zero-order valence-electron chi connectivity index (χ0n) is 12.2. The highest BCUT2D eigenvalue weighted by atomic mass is 32.1. The Morgan fingerprint density at radius 2 is 2.18 bits per heavy atom. The van der Waals surface area contributed by atoms with Crippen LogP contribution in [0.4, 0.5) is 0 Å². The summed E-state index contributed by atoms with van der Waals surface area (Å²) in [5, 5.41) is 2.09. The molecule has 4 rings (SSSR count). The van der Waals surface area contributed by atoms with Crippen LogP contribution in [0.2, 0.25) is 0 Å². The average Bonchev–Trinajstić information content (AvgIpc) is 3.17. The molecule has 0 unspecified atom stereocenters. The number of thiophene rings is 1. The van der Waals surface area contributed by atoms with Crippen molar-refractivity contribution in [1.29, 1.82) is 0 Å². The lowest BCUT2D eigenvalue weighted by atomic mass is 10.2. The van der Waals surface area contributed by atoms with Gasteiger partial charge in [-0.2, -0.15) is 0 Å². The minimum absolute atomic E-state index is 0.265. The van der Waals surface area contributed by atoms with Gasteiger partial charge in [0.05, 0.1) is 10.2 Å². The van der Waals surface area contributed by atoms with E-state index in [0.717, 1.165) is 37.3 Å². The molecule has 0 N–H and O–H groups in total. The lowest BCUT2D eigenvalue weighted by Gasteiger charge is -2.16. The van der Waals surface area contributed by atoms with Gasteiger partial charge in [-0.25, -0.2) is 0 Å². The normalized spacial score (nSPS) is 18.8. The SMILES string of the molecule is c1cc(O[C@H]2CCN(Cc3cnc4ccsc4c3)C2)ccn1. The number of hydrogen-bond acceptors (Lipinski definition) is 5. The molecule has 3 aromatic heterocycles. The predicted octanol–water partition coefficient (Wildman–Crippen LogP) is 3.34. The van der Waals surface area contributed by atoms with Gasteiger partial charge in [-0.05, 0) is 41.6 Å². The van der Waals surface area contributed by atoms with Crippen LogP contribution in [-0.2, 0) is 6.54 Å². The molecular formula is C17H17N3OS. The van der Waals surface area contributed by atoms with E-state index in [-0.39, 0.29) is 6.10 Å². The second-order valence-electron chi connectivity index (χ2n) is 5.59. The lowest BCUT2D eigenvalue weighted by molar-refractivity contribution is 0.198. The zero-order chi connectivity index (χ0) is 14.8. The maximum atomic E-state index is 6.01. The van der Waals surface area contributed by atoms with Crippen molar-refractivity contribution in [2.24, 2.45) is 0 Å². The highest BCUT2D eigenvalue weighted by Crippen LogP contribution is 2.22. The summed E-state index contributed by atoms with van der Waals surface area (Å²) in [4.78, 5) is 11.0. The van der Waals surface area contributed by atoms with Gasteiger partial charge in [0, 0.05) is 38.2 Å². The molecule has 1 saturated heterocycles. The molecule has 1 fully saturated rings. The van der Waals surface area contributed by atoms with Crippen molar-refractivity contribution in [1.82, 2.24) is 14.9 Å². The quantitative estimate of drug-likeness (QED) is 0.740. The molecule has 22 heavy (non-hydrogen) atoms. The molecule has 0 aromatic carbocycles. The van der Waals surface area contributed by atoms with E-state index in [1.807, 2.05) is 18.3 Å². The van der Waals surface area contributed by atoms with Crippen molar-refractivity contribution in [3.63, 3.8) is 0 Å². The van der Waals surface area contributed by atoms with E-state index in [1.165, 1.54) is 10.3 Å². The minimum atomic E-state index is 0.265. The number of nitrogens with zero attached hydrogens (tertiary/aromatic N) is 3.